The maximum atomic E-state index is 13.4. The van der Waals surface area contributed by atoms with E-state index in [-0.39, 0.29) is 34.4 Å². The zero-order chi connectivity index (χ0) is 23.5. The smallest absolute Gasteiger partial charge is 1.00 e. The number of hydrogen-bond acceptors (Lipinski definition) is 0. The Balaban J connectivity index is 0.00000171. The second-order valence-corrected chi connectivity index (χ2v) is 18.3. The van der Waals surface area contributed by atoms with Crippen molar-refractivity contribution < 1.29 is 57.8 Å². The summed E-state index contributed by atoms with van der Waals surface area (Å²) in [6, 6.07) is 22.9. The van der Waals surface area contributed by atoms with Crippen LogP contribution in [0.1, 0.15) is 41.1 Å². The largest absolute Gasteiger partial charge is 1.00 e. The molecule has 2 unspecified atom stereocenters. The van der Waals surface area contributed by atoms with Gasteiger partial charge in [-0.15, -0.1) is 0 Å². The normalized spacial score (nSPS) is 17.8. The molecule has 181 valence electrons. The van der Waals surface area contributed by atoms with Crippen molar-refractivity contribution in [1.82, 2.24) is 0 Å². The summed E-state index contributed by atoms with van der Waals surface area (Å²) in [6.07, 6.45) is -2.06. The first-order valence-corrected chi connectivity index (χ1v) is 16.9. The summed E-state index contributed by atoms with van der Waals surface area (Å²) in [5, 5.41) is 0. The van der Waals surface area contributed by atoms with Crippen molar-refractivity contribution >= 4 is 7.48 Å². The number of fused-ring (bicyclic) bond motifs is 3. The van der Waals surface area contributed by atoms with Crippen LogP contribution in [0.2, 0.25) is 0 Å². The number of allylic oxidation sites excluding steroid dienone is 4. The molecule has 0 radical (unpaired) electrons. The maximum Gasteiger partial charge on any atom is -1.00 e. The van der Waals surface area contributed by atoms with Crippen LogP contribution in [0.4, 0.5) is 13.2 Å². The van der Waals surface area contributed by atoms with Gasteiger partial charge in [0, 0.05) is 0 Å². The zero-order valence-electron chi connectivity index (χ0n) is 19.8. The third-order valence-electron chi connectivity index (χ3n) is 7.49. The first kappa shape index (κ1) is 27.8. The molecule has 2 aliphatic rings. The molecule has 6 heteroatoms. The molecule has 0 spiro atoms. The number of halogens is 5. The standard InChI is InChI=1S/C13H9.C8H11.C7H4F3.CH2.2ClH.Zr/c1-3-7-12-10(5-1)9-11-6-2-4-8-13(11)12;1-6-4-7(2)8(3)5-6;8-7(9,10)6-4-2-1-3-5-6;;;;/h1-9H;4,6H,1-3H3;2-5H;1H2;2*1H;/q;;;;;;+2/p-2. The average molecular weight is 594 g/mol. The molecule has 35 heavy (non-hydrogen) atoms. The Bertz CT molecular complexity index is 1320. The third-order valence-corrected chi connectivity index (χ3v) is 19.2. The van der Waals surface area contributed by atoms with Crippen LogP contribution in [-0.4, -0.2) is 4.21 Å². The molecule has 3 aromatic carbocycles. The molecule has 2 aliphatic carbocycles. The summed E-state index contributed by atoms with van der Waals surface area (Å²) < 4.78 is 47.7. The van der Waals surface area contributed by atoms with E-state index < -0.39 is 31.5 Å². The van der Waals surface area contributed by atoms with Crippen LogP contribution >= 0.6 is 0 Å². The van der Waals surface area contributed by atoms with Gasteiger partial charge in [0.25, 0.3) is 0 Å². The van der Waals surface area contributed by atoms with E-state index in [0.29, 0.717) is 0 Å². The first-order chi connectivity index (χ1) is 15.6. The molecule has 0 saturated carbocycles. The van der Waals surface area contributed by atoms with Gasteiger partial charge in [0.1, 0.15) is 0 Å². The summed E-state index contributed by atoms with van der Waals surface area (Å²) in [5.74, 6) is 0.237. The van der Waals surface area contributed by atoms with E-state index in [1.165, 1.54) is 48.8 Å². The minimum absolute atomic E-state index is 0. The third kappa shape index (κ3) is 4.37. The second kappa shape index (κ2) is 9.96. The van der Waals surface area contributed by atoms with E-state index in [4.69, 9.17) is 4.21 Å². The van der Waals surface area contributed by atoms with Gasteiger partial charge < -0.3 is 24.8 Å². The van der Waals surface area contributed by atoms with Gasteiger partial charge in [0.15, 0.2) is 0 Å². The number of alkyl halides is 3. The van der Waals surface area contributed by atoms with Crippen molar-refractivity contribution in [2.45, 2.75) is 30.6 Å². The van der Waals surface area contributed by atoms with E-state index in [2.05, 4.69) is 75.4 Å². The van der Waals surface area contributed by atoms with Crippen LogP contribution in [0.5, 0.6) is 0 Å². The quantitative estimate of drug-likeness (QED) is 0.433. The van der Waals surface area contributed by atoms with Gasteiger partial charge in [-0.1, -0.05) is 0 Å². The molecule has 3 aromatic rings. The average Bonchev–Trinajstić information content (AvgIpc) is 3.26. The molecule has 0 heterocycles. The molecular formula is C29H26Cl2F3Zr. The van der Waals surface area contributed by atoms with Crippen LogP contribution in [0.15, 0.2) is 93.3 Å². The minimum atomic E-state index is -4.35. The van der Waals surface area contributed by atoms with Crippen molar-refractivity contribution in [2.24, 2.45) is 5.92 Å². The van der Waals surface area contributed by atoms with Crippen molar-refractivity contribution in [3.05, 3.63) is 110 Å². The number of rotatable bonds is 3. The molecule has 0 aromatic heterocycles. The number of benzene rings is 3. The van der Waals surface area contributed by atoms with Gasteiger partial charge in [0.05, 0.1) is 0 Å². The Morgan fingerprint density at radius 2 is 1.26 bits per heavy atom. The Morgan fingerprint density at radius 3 is 1.69 bits per heavy atom. The minimum Gasteiger partial charge on any atom is -1.00 e. The SMILES string of the molecule is [CH2]=[Zr+2]([C]1=C(C)C(C)=CC1C)([c]1ccc(C(F)(F)F)cc1)[CH]1c2ccccc2-c2ccccc21.[Cl-].[Cl-]. The molecular weight excluding hydrogens is 567 g/mol. The molecule has 0 bridgehead atoms. The van der Waals surface area contributed by atoms with Gasteiger partial charge in [-0.25, -0.2) is 0 Å². The van der Waals surface area contributed by atoms with Gasteiger partial charge in [-0.3, -0.25) is 0 Å². The fraction of sp³-hybridized carbons (Fsp3) is 0.207. The van der Waals surface area contributed by atoms with Crippen molar-refractivity contribution in [1.29, 1.82) is 0 Å². The van der Waals surface area contributed by atoms with Crippen LogP contribution < -0.4 is 28.1 Å². The summed E-state index contributed by atoms with van der Waals surface area (Å²) in [5.41, 5.74) is 6.91. The summed E-state index contributed by atoms with van der Waals surface area (Å²) in [6.45, 7) is 6.51. The van der Waals surface area contributed by atoms with Crippen LogP contribution in [-0.2, 0) is 26.0 Å². The van der Waals surface area contributed by atoms with Crippen LogP contribution in [0, 0.1) is 5.92 Å². The van der Waals surface area contributed by atoms with Crippen molar-refractivity contribution in [3.8, 4) is 11.1 Å². The van der Waals surface area contributed by atoms with Crippen molar-refractivity contribution in [3.63, 3.8) is 0 Å². The number of hydrogen-bond donors (Lipinski definition) is 0. The van der Waals surface area contributed by atoms with E-state index in [9.17, 15) is 13.2 Å². The molecule has 0 amide bonds. The molecule has 0 N–H and O–H groups in total. The Labute approximate surface area is 221 Å². The van der Waals surface area contributed by atoms with E-state index in [0.717, 1.165) is 3.27 Å². The first-order valence-electron chi connectivity index (χ1n) is 11.3. The fourth-order valence-electron chi connectivity index (χ4n) is 6.00. The van der Waals surface area contributed by atoms with E-state index in [1.807, 2.05) is 0 Å². The summed E-state index contributed by atoms with van der Waals surface area (Å²) in [4.78, 5) is 0. The van der Waals surface area contributed by atoms with E-state index in [1.54, 1.807) is 12.1 Å². The molecule has 5 rings (SSSR count). The molecule has 0 nitrogen and oxygen atoms in total. The van der Waals surface area contributed by atoms with Crippen LogP contribution in [0.3, 0.4) is 0 Å². The molecule has 0 aliphatic heterocycles. The topological polar surface area (TPSA) is 0 Å². The molecule has 0 saturated heterocycles. The van der Waals surface area contributed by atoms with Gasteiger partial charge >= 0.3 is 198 Å². The van der Waals surface area contributed by atoms with Gasteiger partial charge in [-0.05, 0) is 0 Å². The van der Waals surface area contributed by atoms with Gasteiger partial charge in [-0.2, -0.15) is 0 Å². The molecule has 2 atom stereocenters. The summed E-state index contributed by atoms with van der Waals surface area (Å²) in [7, 11) is 0. The Morgan fingerprint density at radius 1 is 0.771 bits per heavy atom. The zero-order valence-corrected chi connectivity index (χ0v) is 23.7. The molecule has 0 fully saturated rings. The summed E-state index contributed by atoms with van der Waals surface area (Å²) >= 11 is -3.85. The predicted octanol–water partition coefficient (Wildman–Crippen LogP) is 1.56. The Kier molecular flexibility index (Phi) is 7.92. The van der Waals surface area contributed by atoms with Crippen LogP contribution in [0.25, 0.3) is 11.1 Å². The maximum absolute atomic E-state index is 13.4. The monoisotopic (exact) mass is 591 g/mol. The van der Waals surface area contributed by atoms with E-state index >= 15 is 0 Å². The van der Waals surface area contributed by atoms with Crippen molar-refractivity contribution in [2.75, 3.05) is 0 Å². The predicted molar refractivity (Wildman–Crippen MR) is 128 cm³/mol. The fourth-order valence-corrected chi connectivity index (χ4v) is 18.4. The van der Waals surface area contributed by atoms with Gasteiger partial charge in [0.2, 0.25) is 0 Å². The second-order valence-electron chi connectivity index (χ2n) is 9.33. The Hall–Kier alpha value is -1.74.